The van der Waals surface area contributed by atoms with E-state index in [0.29, 0.717) is 50.7 Å². The van der Waals surface area contributed by atoms with Gasteiger partial charge in [0.05, 0.1) is 0 Å². The van der Waals surface area contributed by atoms with Gasteiger partial charge in [-0.05, 0) is 25.0 Å². The summed E-state index contributed by atoms with van der Waals surface area (Å²) in [6.45, 7) is 3.45. The van der Waals surface area contributed by atoms with Crippen LogP contribution in [0, 0.1) is 5.92 Å². The Morgan fingerprint density at radius 2 is 1.67 bits per heavy atom. The van der Waals surface area contributed by atoms with Crippen molar-refractivity contribution in [1.29, 1.82) is 0 Å². The Morgan fingerprint density at radius 3 is 2.33 bits per heavy atom. The van der Waals surface area contributed by atoms with Crippen LogP contribution < -0.4 is 5.32 Å². The molecule has 0 spiro atoms. The maximum Gasteiger partial charge on any atom is 0.317 e. The molecular formula is C20H26N4O3. The molecule has 3 fully saturated rings. The summed E-state index contributed by atoms with van der Waals surface area (Å²) < 4.78 is 0. The van der Waals surface area contributed by atoms with Gasteiger partial charge in [0.1, 0.15) is 0 Å². The predicted molar refractivity (Wildman–Crippen MR) is 100 cm³/mol. The first-order valence-corrected chi connectivity index (χ1v) is 9.78. The number of nitrogens with one attached hydrogen (secondary N) is 1. The quantitative estimate of drug-likeness (QED) is 0.865. The van der Waals surface area contributed by atoms with Crippen LogP contribution in [-0.2, 0) is 4.79 Å². The Morgan fingerprint density at radius 1 is 1.00 bits per heavy atom. The largest absolute Gasteiger partial charge is 0.339 e. The van der Waals surface area contributed by atoms with Crippen LogP contribution >= 0.6 is 0 Å². The van der Waals surface area contributed by atoms with Crippen molar-refractivity contribution in [3.63, 3.8) is 0 Å². The highest BCUT2D eigenvalue weighted by Gasteiger charge is 2.39. The third-order valence-electron chi connectivity index (χ3n) is 5.64. The van der Waals surface area contributed by atoms with Crippen molar-refractivity contribution in [2.24, 2.45) is 5.92 Å². The van der Waals surface area contributed by atoms with Crippen molar-refractivity contribution < 1.29 is 14.4 Å². The number of rotatable bonds is 4. The second kappa shape index (κ2) is 7.58. The van der Waals surface area contributed by atoms with E-state index < -0.39 is 0 Å². The van der Waals surface area contributed by atoms with Gasteiger partial charge in [-0.3, -0.25) is 9.59 Å². The summed E-state index contributed by atoms with van der Waals surface area (Å²) in [5.41, 5.74) is 0.682. The molecule has 1 atom stereocenters. The molecule has 27 heavy (non-hydrogen) atoms. The Hall–Kier alpha value is -2.57. The molecule has 0 aromatic heterocycles. The van der Waals surface area contributed by atoms with Gasteiger partial charge in [0.25, 0.3) is 5.91 Å². The average Bonchev–Trinajstić information content (AvgIpc) is 3.48. The van der Waals surface area contributed by atoms with Crippen LogP contribution in [0.1, 0.15) is 29.6 Å². The summed E-state index contributed by atoms with van der Waals surface area (Å²) in [5, 5.41) is 2.98. The van der Waals surface area contributed by atoms with Crippen LogP contribution in [0.15, 0.2) is 30.3 Å². The van der Waals surface area contributed by atoms with Crippen molar-refractivity contribution in [2.75, 3.05) is 39.3 Å². The molecule has 2 heterocycles. The van der Waals surface area contributed by atoms with Crippen molar-refractivity contribution in [2.45, 2.75) is 25.3 Å². The highest BCUT2D eigenvalue weighted by Crippen LogP contribution is 2.32. The second-order valence-electron chi connectivity index (χ2n) is 7.68. The van der Waals surface area contributed by atoms with E-state index in [4.69, 9.17) is 0 Å². The van der Waals surface area contributed by atoms with E-state index in [2.05, 4.69) is 5.32 Å². The van der Waals surface area contributed by atoms with Gasteiger partial charge in [0, 0.05) is 63.2 Å². The first kappa shape index (κ1) is 17.8. The summed E-state index contributed by atoms with van der Waals surface area (Å²) in [5.74, 6) is 0.452. The van der Waals surface area contributed by atoms with E-state index in [1.807, 2.05) is 35.2 Å². The highest BCUT2D eigenvalue weighted by molar-refractivity contribution is 5.94. The molecule has 1 aromatic carbocycles. The minimum atomic E-state index is -0.0980. The Labute approximate surface area is 159 Å². The van der Waals surface area contributed by atoms with Crippen molar-refractivity contribution in [3.8, 4) is 0 Å². The lowest BCUT2D eigenvalue weighted by atomic mass is 10.1. The molecule has 1 aromatic rings. The van der Waals surface area contributed by atoms with E-state index in [1.54, 1.807) is 9.80 Å². The minimum absolute atomic E-state index is 0.0142. The zero-order valence-corrected chi connectivity index (χ0v) is 15.5. The van der Waals surface area contributed by atoms with E-state index in [9.17, 15) is 14.4 Å². The van der Waals surface area contributed by atoms with E-state index in [1.165, 1.54) is 0 Å². The fourth-order valence-electron chi connectivity index (χ4n) is 3.90. The molecule has 1 aliphatic carbocycles. The standard InChI is InChI=1S/C20H26N4O3/c25-18-12-15(14-24(18)17-6-7-17)13-21-20(27)23-10-8-22(9-11-23)19(26)16-4-2-1-3-5-16/h1-5,15,17H,6-14H2,(H,21,27)/t15-/m0/s1. The SMILES string of the molecule is O=C(NC[C@@H]1CC(=O)N(C2CC2)C1)N1CCN(C(=O)c2ccccc2)CC1. The van der Waals surface area contributed by atoms with Gasteiger partial charge in [0.2, 0.25) is 5.91 Å². The summed E-state index contributed by atoms with van der Waals surface area (Å²) in [6, 6.07) is 9.59. The number of likely N-dealkylation sites (tertiary alicyclic amines) is 1. The number of piperazine rings is 1. The summed E-state index contributed by atoms with van der Waals surface area (Å²) >= 11 is 0. The Balaban J connectivity index is 1.21. The van der Waals surface area contributed by atoms with Gasteiger partial charge in [-0.15, -0.1) is 0 Å². The molecule has 1 saturated carbocycles. The Kier molecular flexibility index (Phi) is 5.01. The van der Waals surface area contributed by atoms with E-state index in [-0.39, 0.29) is 23.8 Å². The van der Waals surface area contributed by atoms with Crippen LogP contribution in [0.5, 0.6) is 0 Å². The lowest BCUT2D eigenvalue weighted by Gasteiger charge is -2.35. The van der Waals surface area contributed by atoms with Crippen LogP contribution in [-0.4, -0.2) is 77.9 Å². The van der Waals surface area contributed by atoms with Crippen LogP contribution in [0.4, 0.5) is 4.79 Å². The lowest BCUT2D eigenvalue weighted by molar-refractivity contribution is -0.128. The van der Waals surface area contributed by atoms with Crippen molar-refractivity contribution in [1.82, 2.24) is 20.0 Å². The number of carbonyl (C=O) groups excluding carboxylic acids is 3. The van der Waals surface area contributed by atoms with Gasteiger partial charge in [-0.2, -0.15) is 0 Å². The molecular weight excluding hydrogens is 344 g/mol. The minimum Gasteiger partial charge on any atom is -0.339 e. The number of urea groups is 1. The molecule has 7 heteroatoms. The maximum atomic E-state index is 12.5. The van der Waals surface area contributed by atoms with Crippen LogP contribution in [0.2, 0.25) is 0 Å². The zero-order chi connectivity index (χ0) is 18.8. The van der Waals surface area contributed by atoms with Gasteiger partial charge in [-0.1, -0.05) is 18.2 Å². The third-order valence-corrected chi connectivity index (χ3v) is 5.64. The topological polar surface area (TPSA) is 73.0 Å². The molecule has 0 radical (unpaired) electrons. The first-order chi connectivity index (χ1) is 13.1. The van der Waals surface area contributed by atoms with Gasteiger partial charge >= 0.3 is 6.03 Å². The summed E-state index contributed by atoms with van der Waals surface area (Å²) in [4.78, 5) is 42.4. The number of nitrogens with zero attached hydrogens (tertiary/aromatic N) is 3. The highest BCUT2D eigenvalue weighted by atomic mass is 16.2. The molecule has 4 rings (SSSR count). The normalized spacial score (nSPS) is 22.9. The number of amides is 4. The van der Waals surface area contributed by atoms with Gasteiger partial charge in [0.15, 0.2) is 0 Å². The number of hydrogen-bond acceptors (Lipinski definition) is 3. The van der Waals surface area contributed by atoms with E-state index in [0.717, 1.165) is 19.4 Å². The molecule has 1 N–H and O–H groups in total. The molecule has 4 amide bonds. The molecule has 0 bridgehead atoms. The maximum absolute atomic E-state index is 12.5. The molecule has 144 valence electrons. The van der Waals surface area contributed by atoms with Crippen LogP contribution in [0.25, 0.3) is 0 Å². The molecule has 0 unspecified atom stereocenters. The van der Waals surface area contributed by atoms with Crippen molar-refractivity contribution in [3.05, 3.63) is 35.9 Å². The first-order valence-electron chi connectivity index (χ1n) is 9.78. The lowest BCUT2D eigenvalue weighted by Crippen LogP contribution is -2.53. The van der Waals surface area contributed by atoms with E-state index >= 15 is 0 Å². The fraction of sp³-hybridized carbons (Fsp3) is 0.550. The fourth-order valence-corrected chi connectivity index (χ4v) is 3.90. The molecule has 7 nitrogen and oxygen atoms in total. The third kappa shape index (κ3) is 4.07. The monoisotopic (exact) mass is 370 g/mol. The van der Waals surface area contributed by atoms with Crippen LogP contribution in [0.3, 0.4) is 0 Å². The van der Waals surface area contributed by atoms with Crippen molar-refractivity contribution >= 4 is 17.8 Å². The molecule has 2 saturated heterocycles. The molecule has 3 aliphatic rings. The number of benzene rings is 1. The molecule has 2 aliphatic heterocycles. The number of hydrogen-bond donors (Lipinski definition) is 1. The smallest absolute Gasteiger partial charge is 0.317 e. The Bertz CT molecular complexity index is 711. The summed E-state index contributed by atoms with van der Waals surface area (Å²) in [6.07, 6.45) is 2.78. The summed E-state index contributed by atoms with van der Waals surface area (Å²) in [7, 11) is 0. The predicted octanol–water partition coefficient (Wildman–Crippen LogP) is 1.16. The second-order valence-corrected chi connectivity index (χ2v) is 7.68. The average molecular weight is 370 g/mol. The zero-order valence-electron chi connectivity index (χ0n) is 15.5. The van der Waals surface area contributed by atoms with Gasteiger partial charge < -0.3 is 20.0 Å². The number of carbonyl (C=O) groups is 3. The van der Waals surface area contributed by atoms with Gasteiger partial charge in [-0.25, -0.2) is 4.79 Å².